The maximum Gasteiger partial charge on any atom is 0.210 e. The Labute approximate surface area is 107 Å². The molecule has 2 N–H and O–H groups in total. The second-order valence-corrected chi connectivity index (χ2v) is 4.82. The van der Waals surface area contributed by atoms with Crippen LogP contribution in [-0.2, 0) is 9.59 Å². The van der Waals surface area contributed by atoms with Crippen LogP contribution in [-0.4, -0.2) is 42.4 Å². The Morgan fingerprint density at radius 1 is 1.56 bits per heavy atom. The minimum Gasteiger partial charge on any atom is -0.402 e. The van der Waals surface area contributed by atoms with Gasteiger partial charge in [-0.05, 0) is 12.8 Å². The van der Waals surface area contributed by atoms with Crippen LogP contribution in [0.15, 0.2) is 16.3 Å². The van der Waals surface area contributed by atoms with Crippen molar-refractivity contribution in [1.29, 1.82) is 0 Å². The molecule has 0 saturated carbocycles. The Kier molecular flexibility index (Phi) is 3.79. The topological polar surface area (TPSA) is 75.8 Å². The van der Waals surface area contributed by atoms with E-state index in [2.05, 4.69) is 4.99 Å². The molecule has 2 aliphatic heterocycles. The van der Waals surface area contributed by atoms with Gasteiger partial charge in [-0.15, -0.1) is 0 Å². The lowest BCUT2D eigenvalue weighted by molar-refractivity contribution is -0.118. The van der Waals surface area contributed by atoms with E-state index in [0.717, 1.165) is 24.8 Å². The van der Waals surface area contributed by atoms with E-state index in [1.807, 2.05) is 6.92 Å². The average molecular weight is 249 g/mol. The molecule has 0 saturated heterocycles. The Hall–Kier alpha value is -1.65. The summed E-state index contributed by atoms with van der Waals surface area (Å²) in [5.41, 5.74) is 7.96. The number of aliphatic imine (C=N–C) groups is 1. The number of nitrogens with zero attached hydrogens (tertiary/aromatic N) is 2. The highest BCUT2D eigenvalue weighted by Crippen LogP contribution is 2.22. The Morgan fingerprint density at radius 2 is 2.33 bits per heavy atom. The van der Waals surface area contributed by atoms with Gasteiger partial charge in [0.15, 0.2) is 5.78 Å². The zero-order chi connectivity index (χ0) is 13.1. The Bertz CT molecular complexity index is 426. The van der Waals surface area contributed by atoms with Gasteiger partial charge in [0.25, 0.3) is 0 Å². The number of hydrogen-bond acceptors (Lipinski definition) is 4. The first-order chi connectivity index (χ1) is 8.67. The monoisotopic (exact) mass is 249 g/mol. The molecule has 1 atom stereocenters. The van der Waals surface area contributed by atoms with Crippen molar-refractivity contribution in [2.45, 2.75) is 26.2 Å². The van der Waals surface area contributed by atoms with Crippen LogP contribution in [0.2, 0.25) is 0 Å². The SMILES string of the molecule is CCC1CCN=C(C2=C(N)CCN(C=O)C2)C1=O. The van der Waals surface area contributed by atoms with Crippen molar-refractivity contribution in [3.8, 4) is 0 Å². The summed E-state index contributed by atoms with van der Waals surface area (Å²) in [4.78, 5) is 29.1. The van der Waals surface area contributed by atoms with Gasteiger partial charge in [0.05, 0.1) is 0 Å². The van der Waals surface area contributed by atoms with Crippen molar-refractivity contribution in [3.63, 3.8) is 0 Å². The van der Waals surface area contributed by atoms with Crippen LogP contribution in [0.1, 0.15) is 26.2 Å². The maximum atomic E-state index is 12.3. The Balaban J connectivity index is 2.27. The number of carbonyl (C=O) groups is 2. The molecular formula is C13H19N3O2. The highest BCUT2D eigenvalue weighted by Gasteiger charge is 2.30. The van der Waals surface area contributed by atoms with E-state index in [0.29, 0.717) is 37.5 Å². The first-order valence-corrected chi connectivity index (χ1v) is 6.43. The highest BCUT2D eigenvalue weighted by molar-refractivity contribution is 6.47. The summed E-state index contributed by atoms with van der Waals surface area (Å²) < 4.78 is 0. The third kappa shape index (κ3) is 2.30. The molecule has 0 aromatic carbocycles. The standard InChI is InChI=1S/C13H19N3O2/c1-2-9-3-5-15-12(13(9)18)10-7-16(8-17)6-4-11(10)14/h8-9H,2-7,14H2,1H3. The fourth-order valence-electron chi connectivity index (χ4n) is 2.48. The molecule has 0 spiro atoms. The van der Waals surface area contributed by atoms with Crippen LogP contribution in [0.4, 0.5) is 0 Å². The number of ketones is 1. The van der Waals surface area contributed by atoms with E-state index in [1.165, 1.54) is 0 Å². The predicted molar refractivity (Wildman–Crippen MR) is 69.2 cm³/mol. The van der Waals surface area contributed by atoms with E-state index >= 15 is 0 Å². The molecule has 2 aliphatic rings. The third-order valence-corrected chi connectivity index (χ3v) is 3.70. The molecular weight excluding hydrogens is 230 g/mol. The molecule has 98 valence electrons. The van der Waals surface area contributed by atoms with E-state index in [1.54, 1.807) is 4.90 Å². The van der Waals surface area contributed by atoms with Gasteiger partial charge in [-0.2, -0.15) is 0 Å². The van der Waals surface area contributed by atoms with Crippen LogP contribution >= 0.6 is 0 Å². The van der Waals surface area contributed by atoms with Gasteiger partial charge in [-0.3, -0.25) is 14.6 Å². The fourth-order valence-corrected chi connectivity index (χ4v) is 2.48. The van der Waals surface area contributed by atoms with Gasteiger partial charge >= 0.3 is 0 Å². The van der Waals surface area contributed by atoms with Crippen LogP contribution in [0, 0.1) is 5.92 Å². The average Bonchev–Trinajstić information content (AvgIpc) is 2.40. The molecule has 0 aromatic rings. The Morgan fingerprint density at radius 3 is 3.00 bits per heavy atom. The van der Waals surface area contributed by atoms with Crippen LogP contribution in [0.25, 0.3) is 0 Å². The molecule has 18 heavy (non-hydrogen) atoms. The molecule has 2 rings (SSSR count). The first kappa shape index (κ1) is 12.8. The summed E-state index contributed by atoms with van der Waals surface area (Å²) >= 11 is 0. The minimum absolute atomic E-state index is 0.0596. The summed E-state index contributed by atoms with van der Waals surface area (Å²) in [6.45, 7) is 3.73. The molecule has 0 bridgehead atoms. The van der Waals surface area contributed by atoms with Gasteiger partial charge < -0.3 is 10.6 Å². The number of rotatable bonds is 3. The van der Waals surface area contributed by atoms with E-state index in [-0.39, 0.29) is 11.7 Å². The van der Waals surface area contributed by atoms with Gasteiger partial charge in [0.1, 0.15) is 5.71 Å². The lowest BCUT2D eigenvalue weighted by Crippen LogP contribution is -2.39. The summed E-state index contributed by atoms with van der Waals surface area (Å²) in [5.74, 6) is 0.152. The number of nitrogens with two attached hydrogens (primary N) is 1. The van der Waals surface area contributed by atoms with Crippen LogP contribution < -0.4 is 5.73 Å². The number of carbonyl (C=O) groups excluding carboxylic acids is 2. The molecule has 0 fully saturated rings. The molecule has 0 aromatic heterocycles. The van der Waals surface area contributed by atoms with E-state index in [4.69, 9.17) is 5.73 Å². The normalized spacial score (nSPS) is 25.2. The number of Topliss-reactive ketones (excluding diaryl/α,β-unsaturated/α-hetero) is 1. The van der Waals surface area contributed by atoms with E-state index in [9.17, 15) is 9.59 Å². The maximum absolute atomic E-state index is 12.3. The van der Waals surface area contributed by atoms with Crippen molar-refractivity contribution in [2.24, 2.45) is 16.6 Å². The van der Waals surface area contributed by atoms with E-state index < -0.39 is 0 Å². The second kappa shape index (κ2) is 5.33. The molecule has 1 amide bonds. The van der Waals surface area contributed by atoms with Crippen molar-refractivity contribution in [1.82, 2.24) is 4.90 Å². The molecule has 0 aliphatic carbocycles. The molecule has 2 heterocycles. The van der Waals surface area contributed by atoms with Gasteiger partial charge in [0, 0.05) is 43.2 Å². The third-order valence-electron chi connectivity index (χ3n) is 3.70. The smallest absolute Gasteiger partial charge is 0.210 e. The number of amides is 1. The molecule has 1 unspecified atom stereocenters. The quantitative estimate of drug-likeness (QED) is 0.740. The van der Waals surface area contributed by atoms with Crippen molar-refractivity contribution in [2.75, 3.05) is 19.6 Å². The van der Waals surface area contributed by atoms with Crippen molar-refractivity contribution in [3.05, 3.63) is 11.3 Å². The summed E-state index contributed by atoms with van der Waals surface area (Å²) in [7, 11) is 0. The van der Waals surface area contributed by atoms with Crippen molar-refractivity contribution < 1.29 is 9.59 Å². The van der Waals surface area contributed by atoms with Crippen LogP contribution in [0.3, 0.4) is 0 Å². The van der Waals surface area contributed by atoms with Crippen molar-refractivity contribution >= 4 is 17.9 Å². The summed E-state index contributed by atoms with van der Waals surface area (Å²) in [5, 5.41) is 0. The van der Waals surface area contributed by atoms with Gasteiger partial charge in [-0.25, -0.2) is 0 Å². The molecule has 5 nitrogen and oxygen atoms in total. The summed E-state index contributed by atoms with van der Waals surface area (Å²) in [6, 6.07) is 0. The van der Waals surface area contributed by atoms with Crippen LogP contribution in [0.5, 0.6) is 0 Å². The fraction of sp³-hybridized carbons (Fsp3) is 0.615. The van der Waals surface area contributed by atoms with Gasteiger partial charge in [0.2, 0.25) is 6.41 Å². The lowest BCUT2D eigenvalue weighted by atomic mass is 9.87. The first-order valence-electron chi connectivity index (χ1n) is 6.43. The lowest BCUT2D eigenvalue weighted by Gasteiger charge is -2.29. The highest BCUT2D eigenvalue weighted by atomic mass is 16.1. The zero-order valence-corrected chi connectivity index (χ0v) is 10.7. The molecule has 0 radical (unpaired) electrons. The minimum atomic E-state index is 0.0596. The van der Waals surface area contributed by atoms with Gasteiger partial charge in [-0.1, -0.05) is 6.92 Å². The largest absolute Gasteiger partial charge is 0.402 e. The predicted octanol–water partition coefficient (Wildman–Crippen LogP) is 0.501. The molecule has 5 heteroatoms. The number of hydrogen-bond donors (Lipinski definition) is 1. The zero-order valence-electron chi connectivity index (χ0n) is 10.7. The summed E-state index contributed by atoms with van der Waals surface area (Å²) in [6.07, 6.45) is 3.08. The second-order valence-electron chi connectivity index (χ2n) is 4.82.